The third-order valence-corrected chi connectivity index (χ3v) is 3.47. The number of carbonyl (C=O) groups is 1. The van der Waals surface area contributed by atoms with Gasteiger partial charge in [0.1, 0.15) is 18.1 Å². The number of ether oxygens (including phenoxy) is 3. The number of hydrogen-bond acceptors (Lipinski definition) is 8. The fourth-order valence-corrected chi connectivity index (χ4v) is 2.13. The molecular weight excluding hydrogens is 372 g/mol. The number of hydrogen-bond donors (Lipinski definition) is 1. The average molecular weight is 392 g/mol. The number of benzene rings is 2. The van der Waals surface area contributed by atoms with Gasteiger partial charge in [0.15, 0.2) is 0 Å². The molecule has 1 N–H and O–H groups in total. The Morgan fingerprint density at radius 2 is 1.41 bits per heavy atom. The fourth-order valence-electron chi connectivity index (χ4n) is 2.13. The molecule has 8 heteroatoms. The summed E-state index contributed by atoms with van der Waals surface area (Å²) < 4.78 is 16.4. The molecule has 3 aromatic rings. The lowest BCUT2D eigenvalue weighted by Gasteiger charge is -2.10. The minimum absolute atomic E-state index is 0.0681. The van der Waals surface area contributed by atoms with Crippen LogP contribution in [0.4, 0.5) is 5.95 Å². The summed E-state index contributed by atoms with van der Waals surface area (Å²) in [5, 5.41) is 2.96. The second-order valence-electron chi connectivity index (χ2n) is 5.90. The molecule has 8 nitrogen and oxygen atoms in total. The average Bonchev–Trinajstić information content (AvgIpc) is 2.72. The van der Waals surface area contributed by atoms with Gasteiger partial charge in [-0.05, 0) is 31.2 Å². The molecule has 0 aliphatic heterocycles. The highest BCUT2D eigenvalue weighted by Crippen LogP contribution is 2.23. The van der Waals surface area contributed by atoms with Crippen LogP contribution in [0.3, 0.4) is 0 Å². The fraction of sp³-hybridized carbons (Fsp3) is 0.143. The van der Waals surface area contributed by atoms with Crippen molar-refractivity contribution < 1.29 is 19.0 Å². The van der Waals surface area contributed by atoms with Crippen LogP contribution in [-0.4, -0.2) is 34.1 Å². The highest BCUT2D eigenvalue weighted by Gasteiger charge is 2.11. The number of anilines is 1. The van der Waals surface area contributed by atoms with E-state index in [9.17, 15) is 4.79 Å². The molecule has 3 rings (SSSR count). The lowest BCUT2D eigenvalue weighted by atomic mass is 10.3. The van der Waals surface area contributed by atoms with Gasteiger partial charge in [-0.15, -0.1) is 4.98 Å². The lowest BCUT2D eigenvalue weighted by Crippen LogP contribution is -2.15. The van der Waals surface area contributed by atoms with Gasteiger partial charge in [0.25, 0.3) is 0 Å². The van der Waals surface area contributed by atoms with Crippen LogP contribution in [0.5, 0.6) is 23.5 Å². The summed E-state index contributed by atoms with van der Waals surface area (Å²) in [5.41, 5.74) is 0.335. The largest absolute Gasteiger partial charge is 0.460 e. The van der Waals surface area contributed by atoms with Crippen LogP contribution in [0.1, 0.15) is 6.92 Å². The summed E-state index contributed by atoms with van der Waals surface area (Å²) >= 11 is 0. The predicted octanol–water partition coefficient (Wildman–Crippen LogP) is 3.99. The molecule has 0 bridgehead atoms. The number of rotatable bonds is 9. The number of aromatic nitrogens is 3. The zero-order chi connectivity index (χ0) is 20.5. The van der Waals surface area contributed by atoms with Crippen molar-refractivity contribution in [2.75, 3.05) is 18.5 Å². The molecule has 2 aromatic carbocycles. The quantitative estimate of drug-likeness (QED) is 0.332. The van der Waals surface area contributed by atoms with Crippen LogP contribution < -0.4 is 14.8 Å². The first-order chi connectivity index (χ1) is 14.1. The maximum atomic E-state index is 11.4. The first-order valence-corrected chi connectivity index (χ1v) is 8.88. The van der Waals surface area contributed by atoms with E-state index in [1.54, 1.807) is 31.2 Å². The summed E-state index contributed by atoms with van der Waals surface area (Å²) in [7, 11) is 0. The highest BCUT2D eigenvalue weighted by molar-refractivity contribution is 5.86. The SMILES string of the molecule is C=C(C)C(=O)OCCNc1nc(Oc2ccccc2)nc(Oc2ccccc2)n1. The van der Waals surface area contributed by atoms with Gasteiger partial charge in [0.2, 0.25) is 5.95 Å². The zero-order valence-corrected chi connectivity index (χ0v) is 15.9. The molecule has 0 amide bonds. The minimum Gasteiger partial charge on any atom is -0.460 e. The molecule has 0 fully saturated rings. The Morgan fingerprint density at radius 1 is 0.897 bits per heavy atom. The Bertz CT molecular complexity index is 905. The molecule has 29 heavy (non-hydrogen) atoms. The van der Waals surface area contributed by atoms with Crippen LogP contribution in [-0.2, 0) is 9.53 Å². The molecule has 0 atom stereocenters. The first kappa shape index (κ1) is 19.8. The summed E-state index contributed by atoms with van der Waals surface area (Å²) in [6.45, 7) is 5.54. The van der Waals surface area contributed by atoms with E-state index < -0.39 is 5.97 Å². The van der Waals surface area contributed by atoms with Crippen molar-refractivity contribution in [1.29, 1.82) is 0 Å². The molecule has 1 heterocycles. The van der Waals surface area contributed by atoms with Gasteiger partial charge in [0, 0.05) is 5.57 Å². The van der Waals surface area contributed by atoms with Crippen LogP contribution in [0.2, 0.25) is 0 Å². The number of esters is 1. The molecular formula is C21H20N4O4. The molecule has 0 saturated heterocycles. The number of para-hydroxylation sites is 2. The summed E-state index contributed by atoms with van der Waals surface area (Å²) in [5.74, 6) is 0.920. The molecule has 148 valence electrons. The van der Waals surface area contributed by atoms with Crippen LogP contribution in [0.15, 0.2) is 72.8 Å². The van der Waals surface area contributed by atoms with E-state index in [1.165, 1.54) is 0 Å². The van der Waals surface area contributed by atoms with E-state index in [1.807, 2.05) is 36.4 Å². The van der Waals surface area contributed by atoms with Gasteiger partial charge in [-0.1, -0.05) is 43.0 Å². The van der Waals surface area contributed by atoms with E-state index in [0.717, 1.165) is 0 Å². The van der Waals surface area contributed by atoms with Crippen LogP contribution in [0, 0.1) is 0 Å². The van der Waals surface area contributed by atoms with E-state index >= 15 is 0 Å². The summed E-state index contributed by atoms with van der Waals surface area (Å²) in [6.07, 6.45) is 0. The van der Waals surface area contributed by atoms with Gasteiger partial charge in [-0.25, -0.2) is 4.79 Å². The first-order valence-electron chi connectivity index (χ1n) is 8.88. The molecule has 1 aromatic heterocycles. The van der Waals surface area contributed by atoms with Gasteiger partial charge in [-0.2, -0.15) is 9.97 Å². The van der Waals surface area contributed by atoms with Crippen molar-refractivity contribution in [3.05, 3.63) is 72.8 Å². The van der Waals surface area contributed by atoms with Gasteiger partial charge >= 0.3 is 18.0 Å². The Balaban J connectivity index is 1.73. The standard InChI is InChI=1S/C21H20N4O4/c1-15(2)18(26)27-14-13-22-19-23-20(28-16-9-5-3-6-10-16)25-21(24-19)29-17-11-7-4-8-12-17/h3-12H,1,13-14H2,2H3,(H,22,23,24,25). The molecule has 0 saturated carbocycles. The van der Waals surface area contributed by atoms with Gasteiger partial charge in [-0.3, -0.25) is 0 Å². The number of nitrogens with one attached hydrogen (secondary N) is 1. The van der Waals surface area contributed by atoms with Gasteiger partial charge < -0.3 is 19.5 Å². The monoisotopic (exact) mass is 392 g/mol. The van der Waals surface area contributed by atoms with Crippen LogP contribution >= 0.6 is 0 Å². The lowest BCUT2D eigenvalue weighted by molar-refractivity contribution is -0.138. The normalized spacial score (nSPS) is 10.1. The van der Waals surface area contributed by atoms with Crippen molar-refractivity contribution in [3.63, 3.8) is 0 Å². The molecule has 0 radical (unpaired) electrons. The Morgan fingerprint density at radius 3 is 1.90 bits per heavy atom. The number of carbonyl (C=O) groups excluding carboxylic acids is 1. The maximum absolute atomic E-state index is 11.4. The minimum atomic E-state index is -0.455. The molecule has 0 spiro atoms. The van der Waals surface area contributed by atoms with Crippen molar-refractivity contribution in [3.8, 4) is 23.5 Å². The molecule has 0 aliphatic rings. The second-order valence-corrected chi connectivity index (χ2v) is 5.90. The smallest absolute Gasteiger partial charge is 0.333 e. The third kappa shape index (κ3) is 6.31. The second kappa shape index (κ2) is 9.84. The zero-order valence-electron chi connectivity index (χ0n) is 15.9. The molecule has 0 aliphatic carbocycles. The summed E-state index contributed by atoms with van der Waals surface area (Å²) in [4.78, 5) is 24.1. The maximum Gasteiger partial charge on any atom is 0.333 e. The van der Waals surface area contributed by atoms with Crippen molar-refractivity contribution in [2.24, 2.45) is 0 Å². The highest BCUT2D eigenvalue weighted by atomic mass is 16.5. The van der Waals surface area contributed by atoms with E-state index in [0.29, 0.717) is 23.6 Å². The van der Waals surface area contributed by atoms with Crippen molar-refractivity contribution in [2.45, 2.75) is 6.92 Å². The van der Waals surface area contributed by atoms with E-state index in [4.69, 9.17) is 14.2 Å². The Labute approximate surface area is 168 Å². The van der Waals surface area contributed by atoms with Crippen molar-refractivity contribution in [1.82, 2.24) is 15.0 Å². The van der Waals surface area contributed by atoms with E-state index in [-0.39, 0.29) is 24.6 Å². The Kier molecular flexibility index (Phi) is 6.72. The van der Waals surface area contributed by atoms with Gasteiger partial charge in [0.05, 0.1) is 6.54 Å². The third-order valence-electron chi connectivity index (χ3n) is 3.47. The molecule has 0 unspecified atom stereocenters. The predicted molar refractivity (Wildman–Crippen MR) is 107 cm³/mol. The Hall–Kier alpha value is -3.94. The topological polar surface area (TPSA) is 95.5 Å². The van der Waals surface area contributed by atoms with E-state index in [2.05, 4.69) is 26.8 Å². The number of nitrogens with zero attached hydrogens (tertiary/aromatic N) is 3. The van der Waals surface area contributed by atoms with Crippen molar-refractivity contribution >= 4 is 11.9 Å². The van der Waals surface area contributed by atoms with Crippen LogP contribution in [0.25, 0.3) is 0 Å². The summed E-state index contributed by atoms with van der Waals surface area (Å²) in [6, 6.07) is 18.4.